The highest BCUT2D eigenvalue weighted by Gasteiger charge is 2.31. The van der Waals surface area contributed by atoms with Crippen LogP contribution in [0, 0.1) is 0 Å². The van der Waals surface area contributed by atoms with E-state index in [2.05, 4.69) is 4.42 Å². The van der Waals surface area contributed by atoms with Crippen molar-refractivity contribution >= 4 is 0 Å². The lowest BCUT2D eigenvalue weighted by atomic mass is 10.1. The van der Waals surface area contributed by atoms with Crippen molar-refractivity contribution in [1.82, 2.24) is 0 Å². The van der Waals surface area contributed by atoms with Crippen LogP contribution in [0.15, 0.2) is 23.0 Å². The quantitative estimate of drug-likeness (QED) is 0.756. The average molecular weight is 179 g/mol. The van der Waals surface area contributed by atoms with E-state index in [-0.39, 0.29) is 0 Å². The van der Waals surface area contributed by atoms with E-state index in [4.69, 9.17) is 5.73 Å². The first-order valence-electron chi connectivity index (χ1n) is 3.33. The van der Waals surface area contributed by atoms with Crippen molar-refractivity contribution in [2.45, 2.75) is 18.6 Å². The Hall–Kier alpha value is -0.970. The molecule has 68 valence electrons. The Labute approximate surface area is 67.2 Å². The van der Waals surface area contributed by atoms with E-state index >= 15 is 0 Å². The van der Waals surface area contributed by atoms with Crippen LogP contribution in [-0.2, 0) is 0 Å². The third-order valence-corrected chi connectivity index (χ3v) is 1.42. The molecule has 0 fully saturated rings. The van der Waals surface area contributed by atoms with Crippen LogP contribution in [0.1, 0.15) is 18.0 Å². The fraction of sp³-hybridized carbons (Fsp3) is 0.429. The molecule has 5 heteroatoms. The molecule has 0 aliphatic heterocycles. The third-order valence-electron chi connectivity index (χ3n) is 1.42. The number of alkyl halides is 3. The number of rotatable bonds is 2. The minimum absolute atomic E-state index is 0.368. The lowest BCUT2D eigenvalue weighted by Gasteiger charge is -2.11. The first kappa shape index (κ1) is 9.12. The molecule has 1 rings (SSSR count). The molecule has 12 heavy (non-hydrogen) atoms. The Morgan fingerprint density at radius 2 is 2.17 bits per heavy atom. The van der Waals surface area contributed by atoms with Crippen molar-refractivity contribution in [2.75, 3.05) is 0 Å². The Balaban J connectivity index is 2.56. The SMILES string of the molecule is NC(CC(F)(F)F)c1ccoc1. The van der Waals surface area contributed by atoms with Gasteiger partial charge in [-0.05, 0) is 6.07 Å². The van der Waals surface area contributed by atoms with Gasteiger partial charge in [0.05, 0.1) is 18.9 Å². The number of halogens is 3. The normalized spacial score (nSPS) is 14.7. The summed E-state index contributed by atoms with van der Waals surface area (Å²) in [5.74, 6) is 0. The van der Waals surface area contributed by atoms with Gasteiger partial charge in [0, 0.05) is 11.6 Å². The molecule has 1 atom stereocenters. The molecule has 0 aromatic carbocycles. The van der Waals surface area contributed by atoms with E-state index < -0.39 is 18.6 Å². The van der Waals surface area contributed by atoms with E-state index in [9.17, 15) is 13.2 Å². The van der Waals surface area contributed by atoms with Crippen LogP contribution in [0.2, 0.25) is 0 Å². The van der Waals surface area contributed by atoms with Gasteiger partial charge in [0.1, 0.15) is 0 Å². The van der Waals surface area contributed by atoms with Crippen molar-refractivity contribution in [3.63, 3.8) is 0 Å². The lowest BCUT2D eigenvalue weighted by Crippen LogP contribution is -2.19. The summed E-state index contributed by atoms with van der Waals surface area (Å²) in [6.07, 6.45) is -2.73. The van der Waals surface area contributed by atoms with E-state index in [1.165, 1.54) is 18.6 Å². The summed E-state index contributed by atoms with van der Waals surface area (Å²) in [6, 6.07) is 0.403. The predicted octanol–water partition coefficient (Wildman–Crippen LogP) is 2.23. The van der Waals surface area contributed by atoms with E-state index in [1.54, 1.807) is 0 Å². The van der Waals surface area contributed by atoms with Gasteiger partial charge in [0.25, 0.3) is 0 Å². The van der Waals surface area contributed by atoms with Crippen molar-refractivity contribution in [3.8, 4) is 0 Å². The van der Waals surface area contributed by atoms with Crippen molar-refractivity contribution in [1.29, 1.82) is 0 Å². The summed E-state index contributed by atoms with van der Waals surface area (Å²) in [7, 11) is 0. The van der Waals surface area contributed by atoms with Gasteiger partial charge in [-0.1, -0.05) is 0 Å². The van der Waals surface area contributed by atoms with Crippen LogP contribution in [0.3, 0.4) is 0 Å². The summed E-state index contributed by atoms with van der Waals surface area (Å²) in [4.78, 5) is 0. The van der Waals surface area contributed by atoms with Gasteiger partial charge < -0.3 is 10.2 Å². The predicted molar refractivity (Wildman–Crippen MR) is 36.3 cm³/mol. The first-order chi connectivity index (χ1) is 5.49. The van der Waals surface area contributed by atoms with Gasteiger partial charge in [-0.3, -0.25) is 0 Å². The lowest BCUT2D eigenvalue weighted by molar-refractivity contribution is -0.138. The molecule has 0 radical (unpaired) electrons. The van der Waals surface area contributed by atoms with E-state index in [0.29, 0.717) is 5.56 Å². The second-order valence-electron chi connectivity index (χ2n) is 2.48. The molecule has 2 nitrogen and oxygen atoms in total. The van der Waals surface area contributed by atoms with E-state index in [0.717, 1.165) is 0 Å². The molecule has 1 heterocycles. The molecule has 0 saturated carbocycles. The molecule has 1 aromatic rings. The Morgan fingerprint density at radius 1 is 1.50 bits per heavy atom. The highest BCUT2D eigenvalue weighted by Crippen LogP contribution is 2.27. The number of hydrogen-bond acceptors (Lipinski definition) is 2. The smallest absolute Gasteiger partial charge is 0.390 e. The second kappa shape index (κ2) is 3.18. The molecule has 0 aliphatic rings. The number of hydrogen-bond donors (Lipinski definition) is 1. The van der Waals surface area contributed by atoms with Crippen LogP contribution in [0.25, 0.3) is 0 Å². The average Bonchev–Trinajstić information content (AvgIpc) is 2.32. The van der Waals surface area contributed by atoms with Gasteiger partial charge >= 0.3 is 6.18 Å². The van der Waals surface area contributed by atoms with Gasteiger partial charge in [-0.2, -0.15) is 13.2 Å². The molecule has 1 unspecified atom stereocenters. The van der Waals surface area contributed by atoms with Gasteiger partial charge in [0.2, 0.25) is 0 Å². The third kappa shape index (κ3) is 2.58. The maximum absolute atomic E-state index is 11.8. The van der Waals surface area contributed by atoms with Crippen LogP contribution >= 0.6 is 0 Å². The maximum atomic E-state index is 11.8. The molecule has 0 bridgehead atoms. The standard InChI is InChI=1S/C7H8F3NO/c8-7(9,10)3-6(11)5-1-2-12-4-5/h1-2,4,6H,3,11H2. The minimum atomic E-state index is -4.23. The Bertz CT molecular complexity index is 229. The highest BCUT2D eigenvalue weighted by molar-refractivity contribution is 5.10. The fourth-order valence-corrected chi connectivity index (χ4v) is 0.853. The molecule has 0 saturated heterocycles. The summed E-state index contributed by atoms with van der Waals surface area (Å²) in [5, 5.41) is 0. The monoisotopic (exact) mass is 179 g/mol. The molecule has 1 aromatic heterocycles. The maximum Gasteiger partial charge on any atom is 0.390 e. The molecule has 0 amide bonds. The topological polar surface area (TPSA) is 39.2 Å². The highest BCUT2D eigenvalue weighted by atomic mass is 19.4. The zero-order valence-corrected chi connectivity index (χ0v) is 6.14. The number of nitrogens with two attached hydrogens (primary N) is 1. The van der Waals surface area contributed by atoms with Crippen molar-refractivity contribution < 1.29 is 17.6 Å². The molecular weight excluding hydrogens is 171 g/mol. The molecule has 0 aliphatic carbocycles. The Kier molecular flexibility index (Phi) is 2.42. The van der Waals surface area contributed by atoms with Crippen LogP contribution in [0.5, 0.6) is 0 Å². The van der Waals surface area contributed by atoms with Crippen LogP contribution in [-0.4, -0.2) is 6.18 Å². The van der Waals surface area contributed by atoms with Crippen molar-refractivity contribution in [2.24, 2.45) is 5.73 Å². The Morgan fingerprint density at radius 3 is 2.58 bits per heavy atom. The molecule has 0 spiro atoms. The molecule has 2 N–H and O–H groups in total. The zero-order chi connectivity index (χ0) is 9.19. The fourth-order valence-electron chi connectivity index (χ4n) is 0.853. The van der Waals surface area contributed by atoms with Crippen molar-refractivity contribution in [3.05, 3.63) is 24.2 Å². The first-order valence-corrected chi connectivity index (χ1v) is 3.33. The minimum Gasteiger partial charge on any atom is -0.472 e. The second-order valence-corrected chi connectivity index (χ2v) is 2.48. The summed E-state index contributed by atoms with van der Waals surface area (Å²) in [5.41, 5.74) is 5.61. The molecular formula is C7H8F3NO. The zero-order valence-electron chi connectivity index (χ0n) is 6.14. The number of furan rings is 1. The van der Waals surface area contributed by atoms with E-state index in [1.807, 2.05) is 0 Å². The largest absolute Gasteiger partial charge is 0.472 e. The van der Waals surface area contributed by atoms with Crippen LogP contribution in [0.4, 0.5) is 13.2 Å². The van der Waals surface area contributed by atoms with Gasteiger partial charge in [-0.25, -0.2) is 0 Å². The van der Waals surface area contributed by atoms with Gasteiger partial charge in [-0.15, -0.1) is 0 Å². The summed E-state index contributed by atoms with van der Waals surface area (Å²) in [6.45, 7) is 0. The summed E-state index contributed by atoms with van der Waals surface area (Å²) < 4.78 is 40.0. The van der Waals surface area contributed by atoms with Gasteiger partial charge in [0.15, 0.2) is 0 Å². The van der Waals surface area contributed by atoms with Crippen LogP contribution < -0.4 is 5.73 Å². The summed E-state index contributed by atoms with van der Waals surface area (Å²) >= 11 is 0.